The van der Waals surface area contributed by atoms with E-state index in [1.807, 2.05) is 36.7 Å². The van der Waals surface area contributed by atoms with E-state index < -0.39 is 0 Å². The molecule has 4 nitrogen and oxygen atoms in total. The Kier molecular flexibility index (Phi) is 4.61. The molecular formula is C21H23N3O. The fourth-order valence-corrected chi connectivity index (χ4v) is 3.83. The SMILES string of the molecule is O=C(c1cccc2ccccc12)[C@H]1CCCN(CCc2cn[nH]c2)C1. The lowest BCUT2D eigenvalue weighted by Gasteiger charge is -2.32. The van der Waals surface area contributed by atoms with E-state index in [1.54, 1.807) is 0 Å². The van der Waals surface area contributed by atoms with Crippen LogP contribution in [-0.4, -0.2) is 40.5 Å². The quantitative estimate of drug-likeness (QED) is 0.724. The predicted octanol–water partition coefficient (Wildman–Crippen LogP) is 3.70. The minimum absolute atomic E-state index is 0.101. The van der Waals surface area contributed by atoms with Gasteiger partial charge in [0.2, 0.25) is 0 Å². The molecule has 128 valence electrons. The van der Waals surface area contributed by atoms with Crippen LogP contribution in [0.25, 0.3) is 10.8 Å². The third-order valence-corrected chi connectivity index (χ3v) is 5.20. The molecule has 1 atom stereocenters. The highest BCUT2D eigenvalue weighted by Crippen LogP contribution is 2.26. The molecule has 0 aliphatic carbocycles. The molecule has 1 fully saturated rings. The van der Waals surface area contributed by atoms with Gasteiger partial charge in [0.25, 0.3) is 0 Å². The lowest BCUT2D eigenvalue weighted by molar-refractivity contribution is 0.0823. The van der Waals surface area contributed by atoms with Crippen molar-refractivity contribution in [2.45, 2.75) is 19.3 Å². The van der Waals surface area contributed by atoms with Gasteiger partial charge in [-0.3, -0.25) is 9.89 Å². The average Bonchev–Trinajstić information content (AvgIpc) is 3.19. The van der Waals surface area contributed by atoms with Crippen molar-refractivity contribution in [2.24, 2.45) is 5.92 Å². The third kappa shape index (κ3) is 3.49. The minimum atomic E-state index is 0.101. The Labute approximate surface area is 147 Å². The number of fused-ring (bicyclic) bond motifs is 1. The maximum Gasteiger partial charge on any atom is 0.167 e. The van der Waals surface area contributed by atoms with Gasteiger partial charge in [-0.25, -0.2) is 0 Å². The lowest BCUT2D eigenvalue weighted by Crippen LogP contribution is -2.39. The van der Waals surface area contributed by atoms with Crippen LogP contribution in [0.5, 0.6) is 0 Å². The first-order valence-corrected chi connectivity index (χ1v) is 9.03. The third-order valence-electron chi connectivity index (χ3n) is 5.20. The predicted molar refractivity (Wildman–Crippen MR) is 99.7 cm³/mol. The molecule has 2 aromatic carbocycles. The van der Waals surface area contributed by atoms with Gasteiger partial charge in [0.15, 0.2) is 5.78 Å². The zero-order valence-electron chi connectivity index (χ0n) is 14.3. The Morgan fingerprint density at radius 2 is 2.08 bits per heavy atom. The second kappa shape index (κ2) is 7.19. The van der Waals surface area contributed by atoms with E-state index >= 15 is 0 Å². The van der Waals surface area contributed by atoms with E-state index in [0.29, 0.717) is 5.78 Å². The molecule has 4 rings (SSSR count). The highest BCUT2D eigenvalue weighted by Gasteiger charge is 2.27. The summed E-state index contributed by atoms with van der Waals surface area (Å²) in [5.74, 6) is 0.397. The normalized spacial score (nSPS) is 18.5. The van der Waals surface area contributed by atoms with E-state index in [2.05, 4.69) is 33.3 Å². The Balaban J connectivity index is 1.47. The fourth-order valence-electron chi connectivity index (χ4n) is 3.83. The monoisotopic (exact) mass is 333 g/mol. The number of H-pyrrole nitrogens is 1. The highest BCUT2D eigenvalue weighted by atomic mass is 16.1. The first-order chi connectivity index (χ1) is 12.3. The maximum absolute atomic E-state index is 13.2. The molecule has 1 N–H and O–H groups in total. The highest BCUT2D eigenvalue weighted by molar-refractivity contribution is 6.09. The summed E-state index contributed by atoms with van der Waals surface area (Å²) in [6.07, 6.45) is 6.88. The van der Waals surface area contributed by atoms with Crippen molar-refractivity contribution in [3.63, 3.8) is 0 Å². The van der Waals surface area contributed by atoms with Crippen LogP contribution in [0.3, 0.4) is 0 Å². The van der Waals surface area contributed by atoms with Crippen molar-refractivity contribution in [3.8, 4) is 0 Å². The molecule has 0 bridgehead atoms. The van der Waals surface area contributed by atoms with Crippen LogP contribution < -0.4 is 0 Å². The number of carbonyl (C=O) groups excluding carboxylic acids is 1. The molecule has 0 radical (unpaired) electrons. The van der Waals surface area contributed by atoms with Crippen molar-refractivity contribution in [1.82, 2.24) is 15.1 Å². The molecule has 0 unspecified atom stereocenters. The maximum atomic E-state index is 13.2. The molecule has 1 saturated heterocycles. The Morgan fingerprint density at radius 3 is 2.96 bits per heavy atom. The molecule has 3 aromatic rings. The Morgan fingerprint density at radius 1 is 1.20 bits per heavy atom. The first-order valence-electron chi connectivity index (χ1n) is 9.03. The van der Waals surface area contributed by atoms with Crippen LogP contribution in [0.15, 0.2) is 54.9 Å². The molecule has 1 aliphatic rings. The Hall–Kier alpha value is -2.46. The summed E-state index contributed by atoms with van der Waals surface area (Å²) in [6.45, 7) is 2.93. The summed E-state index contributed by atoms with van der Waals surface area (Å²) >= 11 is 0. The van der Waals surface area contributed by atoms with Gasteiger partial charge < -0.3 is 4.90 Å². The van der Waals surface area contributed by atoms with E-state index in [0.717, 1.165) is 55.2 Å². The molecular weight excluding hydrogens is 310 g/mol. The standard InChI is InChI=1S/C21H23N3O/c25-21(20-9-3-6-17-5-1-2-8-19(17)20)18-7-4-11-24(15-18)12-10-16-13-22-23-14-16/h1-3,5-6,8-9,13-14,18H,4,7,10-12,15H2,(H,22,23)/t18-/m0/s1. The van der Waals surface area contributed by atoms with Crippen LogP contribution in [0.4, 0.5) is 0 Å². The number of hydrogen-bond acceptors (Lipinski definition) is 3. The van der Waals surface area contributed by atoms with Crippen molar-refractivity contribution < 1.29 is 4.79 Å². The van der Waals surface area contributed by atoms with E-state index in [4.69, 9.17) is 0 Å². The number of rotatable bonds is 5. The number of nitrogens with one attached hydrogen (secondary N) is 1. The molecule has 0 spiro atoms. The largest absolute Gasteiger partial charge is 0.302 e. The molecule has 1 aromatic heterocycles. The number of hydrogen-bond donors (Lipinski definition) is 1. The number of carbonyl (C=O) groups is 1. The zero-order chi connectivity index (χ0) is 17.1. The topological polar surface area (TPSA) is 49.0 Å². The minimum Gasteiger partial charge on any atom is -0.302 e. The number of ketones is 1. The van der Waals surface area contributed by atoms with E-state index in [-0.39, 0.29) is 5.92 Å². The van der Waals surface area contributed by atoms with Crippen molar-refractivity contribution in [2.75, 3.05) is 19.6 Å². The van der Waals surface area contributed by atoms with Gasteiger partial charge in [-0.2, -0.15) is 5.10 Å². The fraction of sp³-hybridized carbons (Fsp3) is 0.333. The summed E-state index contributed by atoms with van der Waals surface area (Å²) in [6, 6.07) is 14.2. The number of aromatic amines is 1. The summed E-state index contributed by atoms with van der Waals surface area (Å²) in [7, 11) is 0. The molecule has 4 heteroatoms. The van der Waals surface area contributed by atoms with Gasteiger partial charge >= 0.3 is 0 Å². The number of likely N-dealkylation sites (tertiary alicyclic amines) is 1. The van der Waals surface area contributed by atoms with Crippen LogP contribution in [0.1, 0.15) is 28.8 Å². The summed E-state index contributed by atoms with van der Waals surface area (Å²) < 4.78 is 0. The number of nitrogens with zero attached hydrogens (tertiary/aromatic N) is 2. The van der Waals surface area contributed by atoms with Crippen LogP contribution in [-0.2, 0) is 6.42 Å². The first kappa shape index (κ1) is 16.0. The molecule has 25 heavy (non-hydrogen) atoms. The van der Waals surface area contributed by atoms with Crippen molar-refractivity contribution in [1.29, 1.82) is 0 Å². The van der Waals surface area contributed by atoms with Gasteiger partial charge in [0, 0.05) is 30.8 Å². The summed E-state index contributed by atoms with van der Waals surface area (Å²) in [5.41, 5.74) is 2.10. The average molecular weight is 333 g/mol. The van der Waals surface area contributed by atoms with E-state index in [9.17, 15) is 4.79 Å². The number of Topliss-reactive ketones (excluding diaryl/α,β-unsaturated/α-hetero) is 1. The molecule has 0 amide bonds. The van der Waals surface area contributed by atoms with Gasteiger partial charge in [-0.1, -0.05) is 42.5 Å². The van der Waals surface area contributed by atoms with Crippen LogP contribution in [0, 0.1) is 5.92 Å². The molecule has 2 heterocycles. The Bertz CT molecular complexity index is 851. The summed E-state index contributed by atoms with van der Waals surface area (Å²) in [4.78, 5) is 15.6. The van der Waals surface area contributed by atoms with Gasteiger partial charge in [0.05, 0.1) is 6.20 Å². The second-order valence-electron chi connectivity index (χ2n) is 6.89. The van der Waals surface area contributed by atoms with Crippen LogP contribution in [0.2, 0.25) is 0 Å². The van der Waals surface area contributed by atoms with E-state index in [1.165, 1.54) is 5.56 Å². The van der Waals surface area contributed by atoms with Crippen molar-refractivity contribution >= 4 is 16.6 Å². The number of aromatic nitrogens is 2. The zero-order valence-corrected chi connectivity index (χ0v) is 14.3. The summed E-state index contributed by atoms with van der Waals surface area (Å²) in [5, 5.41) is 9.07. The van der Waals surface area contributed by atoms with Crippen molar-refractivity contribution in [3.05, 3.63) is 66.0 Å². The van der Waals surface area contributed by atoms with Gasteiger partial charge in [-0.05, 0) is 42.1 Å². The molecule has 0 saturated carbocycles. The van der Waals surface area contributed by atoms with Crippen LogP contribution >= 0.6 is 0 Å². The second-order valence-corrected chi connectivity index (χ2v) is 6.89. The number of benzene rings is 2. The lowest BCUT2D eigenvalue weighted by atomic mass is 9.88. The molecule has 1 aliphatic heterocycles. The smallest absolute Gasteiger partial charge is 0.167 e. The van der Waals surface area contributed by atoms with Gasteiger partial charge in [0.1, 0.15) is 0 Å². The van der Waals surface area contributed by atoms with Gasteiger partial charge in [-0.15, -0.1) is 0 Å². The number of piperidine rings is 1.